The Bertz CT molecular complexity index is 609. The summed E-state index contributed by atoms with van der Waals surface area (Å²) in [5.41, 5.74) is 0. The number of morpholine rings is 1. The highest BCUT2D eigenvalue weighted by Gasteiger charge is 2.28. The molecule has 1 amide bonds. The van der Waals surface area contributed by atoms with Crippen molar-refractivity contribution in [3.8, 4) is 0 Å². The van der Waals surface area contributed by atoms with Gasteiger partial charge >= 0.3 is 0 Å². The van der Waals surface area contributed by atoms with Crippen molar-refractivity contribution in [1.82, 2.24) is 29.5 Å². The summed E-state index contributed by atoms with van der Waals surface area (Å²) in [5.74, 6) is 2.65. The smallest absolute Gasteiger partial charge is 0.236 e. The maximum Gasteiger partial charge on any atom is 0.236 e. The van der Waals surface area contributed by atoms with E-state index in [1.165, 1.54) is 0 Å². The molecule has 152 valence electrons. The molecule has 2 aliphatic heterocycles. The Kier molecular flexibility index (Phi) is 7.20. The number of piperidine rings is 1. The van der Waals surface area contributed by atoms with Gasteiger partial charge in [0.1, 0.15) is 11.6 Å². The Hall–Kier alpha value is -1.51. The zero-order chi connectivity index (χ0) is 19.2. The molecule has 0 aromatic carbocycles. The Morgan fingerprint density at radius 1 is 1.15 bits per heavy atom. The van der Waals surface area contributed by atoms with Crippen LogP contribution in [-0.4, -0.2) is 94.4 Å². The van der Waals surface area contributed by atoms with Gasteiger partial charge in [-0.2, -0.15) is 0 Å². The maximum absolute atomic E-state index is 12.4. The third kappa shape index (κ3) is 5.06. The zero-order valence-electron chi connectivity index (χ0n) is 17.1. The van der Waals surface area contributed by atoms with Crippen LogP contribution in [0.3, 0.4) is 0 Å². The van der Waals surface area contributed by atoms with Gasteiger partial charge in [-0.15, -0.1) is 10.2 Å². The molecule has 0 aliphatic carbocycles. The van der Waals surface area contributed by atoms with E-state index in [0.29, 0.717) is 12.5 Å². The fraction of sp³-hybridized carbons (Fsp3) is 0.842. The van der Waals surface area contributed by atoms with Crippen molar-refractivity contribution in [3.05, 3.63) is 11.6 Å². The lowest BCUT2D eigenvalue weighted by molar-refractivity contribution is -0.132. The second kappa shape index (κ2) is 9.61. The highest BCUT2D eigenvalue weighted by molar-refractivity contribution is 5.78. The number of rotatable bonds is 7. The highest BCUT2D eigenvalue weighted by atomic mass is 16.5. The molecule has 8 heteroatoms. The number of amides is 1. The Balaban J connectivity index is 1.60. The molecule has 3 rings (SSSR count). The molecule has 3 heterocycles. The van der Waals surface area contributed by atoms with Crippen molar-refractivity contribution < 1.29 is 9.53 Å². The van der Waals surface area contributed by atoms with E-state index in [1.807, 2.05) is 18.7 Å². The molecule has 2 aliphatic rings. The zero-order valence-corrected chi connectivity index (χ0v) is 17.1. The summed E-state index contributed by atoms with van der Waals surface area (Å²) >= 11 is 0. The number of hydrogen-bond acceptors (Lipinski definition) is 6. The first-order chi connectivity index (χ1) is 13.1. The minimum absolute atomic E-state index is 0.228. The van der Waals surface area contributed by atoms with Crippen LogP contribution in [0.15, 0.2) is 0 Å². The van der Waals surface area contributed by atoms with Crippen molar-refractivity contribution >= 4 is 5.91 Å². The van der Waals surface area contributed by atoms with E-state index in [-0.39, 0.29) is 5.91 Å². The molecule has 0 radical (unpaired) electrons. The average Bonchev–Trinajstić information content (AvgIpc) is 3.04. The van der Waals surface area contributed by atoms with Crippen LogP contribution >= 0.6 is 0 Å². The molecule has 1 atom stereocenters. The van der Waals surface area contributed by atoms with Gasteiger partial charge in [-0.3, -0.25) is 14.6 Å². The number of likely N-dealkylation sites (tertiary alicyclic amines) is 1. The van der Waals surface area contributed by atoms with Gasteiger partial charge < -0.3 is 14.2 Å². The molecule has 27 heavy (non-hydrogen) atoms. The molecule has 1 aromatic rings. The van der Waals surface area contributed by atoms with Gasteiger partial charge in [0.2, 0.25) is 5.91 Å². The Morgan fingerprint density at radius 3 is 2.59 bits per heavy atom. The molecular formula is C19H34N6O2. The molecule has 1 unspecified atom stereocenters. The molecule has 2 fully saturated rings. The second-order valence-corrected chi connectivity index (χ2v) is 7.56. The van der Waals surface area contributed by atoms with Crippen LogP contribution in [0.25, 0.3) is 0 Å². The van der Waals surface area contributed by atoms with E-state index in [2.05, 4.69) is 31.6 Å². The molecule has 2 saturated heterocycles. The van der Waals surface area contributed by atoms with E-state index in [1.54, 1.807) is 0 Å². The largest absolute Gasteiger partial charge is 0.379 e. The third-order valence-electron chi connectivity index (χ3n) is 5.81. The number of hydrogen-bond donors (Lipinski definition) is 0. The molecule has 0 spiro atoms. The number of aromatic nitrogens is 3. The maximum atomic E-state index is 12.4. The Labute approximate surface area is 162 Å². The lowest BCUT2D eigenvalue weighted by atomic mass is 9.97. The highest BCUT2D eigenvalue weighted by Crippen LogP contribution is 2.26. The summed E-state index contributed by atoms with van der Waals surface area (Å²) in [6.45, 7) is 12.3. The predicted octanol–water partition coefficient (Wildman–Crippen LogP) is 0.695. The van der Waals surface area contributed by atoms with E-state index < -0.39 is 0 Å². The molecule has 0 N–H and O–H groups in total. The molecule has 8 nitrogen and oxygen atoms in total. The minimum atomic E-state index is 0.228. The molecule has 0 bridgehead atoms. The SMILES string of the molecule is CCN(CC)C(=O)CN1CCCC(c2nnc(CN3CCOCC3)n2C)C1. The first kappa shape index (κ1) is 20.2. The standard InChI is InChI=1S/C19H34N6O2/c1-4-25(5-2)18(26)15-24-8-6-7-16(13-24)19-21-20-17(22(19)3)14-23-9-11-27-12-10-23/h16H,4-15H2,1-3H3. The van der Waals surface area contributed by atoms with Crippen molar-refractivity contribution in [2.24, 2.45) is 7.05 Å². The van der Waals surface area contributed by atoms with Gasteiger partial charge in [-0.1, -0.05) is 0 Å². The van der Waals surface area contributed by atoms with Crippen LogP contribution in [-0.2, 0) is 23.1 Å². The first-order valence-electron chi connectivity index (χ1n) is 10.3. The van der Waals surface area contributed by atoms with Gasteiger partial charge in [0, 0.05) is 45.7 Å². The Morgan fingerprint density at radius 2 is 1.89 bits per heavy atom. The van der Waals surface area contributed by atoms with Crippen molar-refractivity contribution in [3.63, 3.8) is 0 Å². The van der Waals surface area contributed by atoms with Crippen LogP contribution in [0.5, 0.6) is 0 Å². The summed E-state index contributed by atoms with van der Waals surface area (Å²) < 4.78 is 7.59. The third-order valence-corrected chi connectivity index (χ3v) is 5.81. The van der Waals surface area contributed by atoms with Crippen LogP contribution in [0.1, 0.15) is 44.3 Å². The summed E-state index contributed by atoms with van der Waals surface area (Å²) in [6, 6.07) is 0. The van der Waals surface area contributed by atoms with Crippen molar-refractivity contribution in [2.75, 3.05) is 59.0 Å². The number of ether oxygens (including phenoxy) is 1. The summed E-state index contributed by atoms with van der Waals surface area (Å²) in [7, 11) is 2.07. The van der Waals surface area contributed by atoms with Crippen LogP contribution < -0.4 is 0 Å². The van der Waals surface area contributed by atoms with Gasteiger partial charge in [-0.25, -0.2) is 0 Å². The van der Waals surface area contributed by atoms with Crippen LogP contribution in [0, 0.1) is 0 Å². The predicted molar refractivity (Wildman–Crippen MR) is 103 cm³/mol. The quantitative estimate of drug-likeness (QED) is 0.696. The van der Waals surface area contributed by atoms with E-state index >= 15 is 0 Å². The summed E-state index contributed by atoms with van der Waals surface area (Å²) in [5, 5.41) is 8.98. The number of carbonyl (C=O) groups is 1. The number of carbonyl (C=O) groups excluding carboxylic acids is 1. The van der Waals surface area contributed by atoms with Crippen molar-refractivity contribution in [1.29, 1.82) is 0 Å². The minimum Gasteiger partial charge on any atom is -0.379 e. The van der Waals surface area contributed by atoms with Crippen LogP contribution in [0.2, 0.25) is 0 Å². The molecule has 0 saturated carbocycles. The van der Waals surface area contributed by atoms with E-state index in [4.69, 9.17) is 4.74 Å². The van der Waals surface area contributed by atoms with Crippen LogP contribution in [0.4, 0.5) is 0 Å². The lowest BCUT2D eigenvalue weighted by Crippen LogP contribution is -2.44. The fourth-order valence-electron chi connectivity index (χ4n) is 4.11. The summed E-state index contributed by atoms with van der Waals surface area (Å²) in [6.07, 6.45) is 2.21. The first-order valence-corrected chi connectivity index (χ1v) is 10.3. The lowest BCUT2D eigenvalue weighted by Gasteiger charge is -2.33. The van der Waals surface area contributed by atoms with Gasteiger partial charge in [0.05, 0.1) is 26.3 Å². The average molecular weight is 379 g/mol. The second-order valence-electron chi connectivity index (χ2n) is 7.56. The van der Waals surface area contributed by atoms with Gasteiger partial charge in [-0.05, 0) is 33.2 Å². The van der Waals surface area contributed by atoms with Crippen molar-refractivity contribution in [2.45, 2.75) is 39.2 Å². The van der Waals surface area contributed by atoms with Gasteiger partial charge in [0.25, 0.3) is 0 Å². The normalized spacial score (nSPS) is 22.1. The van der Waals surface area contributed by atoms with E-state index in [9.17, 15) is 4.79 Å². The summed E-state index contributed by atoms with van der Waals surface area (Å²) in [4.78, 5) is 19.0. The molecule has 1 aromatic heterocycles. The number of likely N-dealkylation sites (N-methyl/N-ethyl adjacent to an activating group) is 1. The molecular weight excluding hydrogens is 344 g/mol. The number of nitrogens with zero attached hydrogens (tertiary/aromatic N) is 6. The topological polar surface area (TPSA) is 66.7 Å². The monoisotopic (exact) mass is 378 g/mol. The fourth-order valence-corrected chi connectivity index (χ4v) is 4.11. The van der Waals surface area contributed by atoms with E-state index in [0.717, 1.165) is 83.5 Å². The van der Waals surface area contributed by atoms with Gasteiger partial charge in [0.15, 0.2) is 0 Å².